The van der Waals surface area contributed by atoms with Gasteiger partial charge >= 0.3 is 0 Å². The van der Waals surface area contributed by atoms with Gasteiger partial charge in [-0.25, -0.2) is 18.2 Å². The van der Waals surface area contributed by atoms with Crippen molar-refractivity contribution in [2.45, 2.75) is 6.61 Å². The summed E-state index contributed by atoms with van der Waals surface area (Å²) in [4.78, 5) is 15.6. The first kappa shape index (κ1) is 14.0. The van der Waals surface area contributed by atoms with Gasteiger partial charge in [0.05, 0.1) is 12.2 Å². The van der Waals surface area contributed by atoms with Crippen molar-refractivity contribution < 1.29 is 23.1 Å². The summed E-state index contributed by atoms with van der Waals surface area (Å²) in [5.41, 5.74) is -0.345. The maximum Gasteiger partial charge on any atom is 0.259 e. The zero-order valence-electron chi connectivity index (χ0n) is 10.0. The Bertz CT molecular complexity index is 662. The number of aliphatic hydroxyl groups is 1. The van der Waals surface area contributed by atoms with Crippen LogP contribution >= 0.6 is 0 Å². The van der Waals surface area contributed by atoms with Crippen molar-refractivity contribution in [2.24, 2.45) is 0 Å². The first-order valence-electron chi connectivity index (χ1n) is 5.54. The predicted molar refractivity (Wildman–Crippen MR) is 64.4 cm³/mol. The highest BCUT2D eigenvalue weighted by atomic mass is 19.2. The van der Waals surface area contributed by atoms with E-state index >= 15 is 0 Å². The highest BCUT2D eigenvalue weighted by molar-refractivity contribution is 6.04. The lowest BCUT2D eigenvalue weighted by Gasteiger charge is -2.09. The standard InChI is InChI=1S/C13H9F3N2O2/c14-9-4-3-8(10(15)11(9)16)13(20)18-12-7(6-19)2-1-5-17-12/h1-5,19H,6H2,(H,17,18,20). The average molecular weight is 282 g/mol. The van der Waals surface area contributed by atoms with Gasteiger partial charge in [-0.15, -0.1) is 0 Å². The predicted octanol–water partition coefficient (Wildman–Crippen LogP) is 2.24. The molecule has 0 atom stereocenters. The van der Waals surface area contributed by atoms with Gasteiger partial charge in [-0.3, -0.25) is 4.79 Å². The molecule has 0 aliphatic rings. The van der Waals surface area contributed by atoms with Crippen LogP contribution in [0.3, 0.4) is 0 Å². The second kappa shape index (κ2) is 5.70. The molecule has 0 radical (unpaired) electrons. The van der Waals surface area contributed by atoms with E-state index in [1.54, 1.807) is 6.07 Å². The van der Waals surface area contributed by atoms with Crippen LogP contribution in [0.25, 0.3) is 0 Å². The van der Waals surface area contributed by atoms with Gasteiger partial charge < -0.3 is 10.4 Å². The second-order valence-electron chi connectivity index (χ2n) is 3.85. The van der Waals surface area contributed by atoms with Crippen LogP contribution in [-0.2, 0) is 6.61 Å². The number of carbonyl (C=O) groups excluding carboxylic acids is 1. The van der Waals surface area contributed by atoms with Crippen molar-refractivity contribution in [3.63, 3.8) is 0 Å². The lowest BCUT2D eigenvalue weighted by Crippen LogP contribution is -2.17. The van der Waals surface area contributed by atoms with Gasteiger partial charge in [-0.1, -0.05) is 6.07 Å². The quantitative estimate of drug-likeness (QED) is 0.849. The molecule has 7 heteroatoms. The van der Waals surface area contributed by atoms with E-state index in [0.29, 0.717) is 11.6 Å². The van der Waals surface area contributed by atoms with Crippen molar-refractivity contribution in [3.05, 3.63) is 59.0 Å². The van der Waals surface area contributed by atoms with Crippen LogP contribution < -0.4 is 5.32 Å². The largest absolute Gasteiger partial charge is 0.392 e. The summed E-state index contributed by atoms with van der Waals surface area (Å²) in [7, 11) is 0. The van der Waals surface area contributed by atoms with Crippen molar-refractivity contribution in [3.8, 4) is 0 Å². The summed E-state index contributed by atoms with van der Waals surface area (Å²) in [6.07, 6.45) is 1.36. The number of rotatable bonds is 3. The Morgan fingerprint density at radius 2 is 1.95 bits per heavy atom. The molecule has 1 heterocycles. The Hall–Kier alpha value is -2.41. The van der Waals surface area contributed by atoms with Crippen LogP contribution in [0.5, 0.6) is 0 Å². The molecule has 1 aromatic heterocycles. The molecule has 0 saturated heterocycles. The van der Waals surface area contributed by atoms with Gasteiger partial charge in [0.15, 0.2) is 17.5 Å². The average Bonchev–Trinajstić information content (AvgIpc) is 2.45. The summed E-state index contributed by atoms with van der Waals surface area (Å²) in [6, 6.07) is 4.52. The van der Waals surface area contributed by atoms with Crippen LogP contribution in [-0.4, -0.2) is 16.0 Å². The number of aromatic nitrogens is 1. The number of hydrogen-bond donors (Lipinski definition) is 2. The highest BCUT2D eigenvalue weighted by Crippen LogP contribution is 2.18. The fraction of sp³-hybridized carbons (Fsp3) is 0.0769. The van der Waals surface area contributed by atoms with Crippen LogP contribution in [0.4, 0.5) is 19.0 Å². The summed E-state index contributed by atoms with van der Waals surface area (Å²) in [6.45, 7) is -0.385. The molecule has 104 valence electrons. The SMILES string of the molecule is O=C(Nc1ncccc1CO)c1ccc(F)c(F)c1F. The molecule has 0 fully saturated rings. The number of benzene rings is 1. The fourth-order valence-corrected chi connectivity index (χ4v) is 1.55. The first-order chi connectivity index (χ1) is 9.54. The van der Waals surface area contributed by atoms with E-state index < -0.39 is 28.9 Å². The Morgan fingerprint density at radius 3 is 2.65 bits per heavy atom. The van der Waals surface area contributed by atoms with E-state index in [1.165, 1.54) is 12.3 Å². The third-order valence-corrected chi connectivity index (χ3v) is 2.57. The van der Waals surface area contributed by atoms with E-state index in [2.05, 4.69) is 10.3 Å². The molecule has 2 rings (SSSR count). The Kier molecular flexibility index (Phi) is 3.99. The summed E-state index contributed by atoms with van der Waals surface area (Å²) >= 11 is 0. The lowest BCUT2D eigenvalue weighted by molar-refractivity contribution is 0.102. The Labute approximate surface area is 111 Å². The number of anilines is 1. The number of aliphatic hydroxyl groups excluding tert-OH is 1. The van der Waals surface area contributed by atoms with E-state index in [9.17, 15) is 18.0 Å². The van der Waals surface area contributed by atoms with Crippen LogP contribution in [0.1, 0.15) is 15.9 Å². The molecule has 2 aromatic rings. The van der Waals surface area contributed by atoms with Crippen molar-refractivity contribution >= 4 is 11.7 Å². The zero-order chi connectivity index (χ0) is 14.7. The third-order valence-electron chi connectivity index (χ3n) is 2.57. The molecule has 0 saturated carbocycles. The number of hydrogen-bond acceptors (Lipinski definition) is 3. The number of pyridine rings is 1. The topological polar surface area (TPSA) is 62.2 Å². The minimum Gasteiger partial charge on any atom is -0.392 e. The molecule has 20 heavy (non-hydrogen) atoms. The van der Waals surface area contributed by atoms with E-state index in [1.807, 2.05) is 0 Å². The second-order valence-corrected chi connectivity index (χ2v) is 3.85. The van der Waals surface area contributed by atoms with E-state index in [-0.39, 0.29) is 12.4 Å². The van der Waals surface area contributed by atoms with Gasteiger partial charge in [0.2, 0.25) is 0 Å². The van der Waals surface area contributed by atoms with Crippen LogP contribution in [0.2, 0.25) is 0 Å². The molecule has 0 bridgehead atoms. The van der Waals surface area contributed by atoms with E-state index in [0.717, 1.165) is 6.07 Å². The third kappa shape index (κ3) is 2.62. The Balaban J connectivity index is 2.31. The maximum absolute atomic E-state index is 13.5. The Morgan fingerprint density at radius 1 is 1.20 bits per heavy atom. The monoisotopic (exact) mass is 282 g/mol. The molecule has 0 aliphatic heterocycles. The number of halogens is 3. The molecule has 2 N–H and O–H groups in total. The minimum absolute atomic E-state index is 0.0177. The molecule has 0 unspecified atom stereocenters. The highest BCUT2D eigenvalue weighted by Gasteiger charge is 2.19. The van der Waals surface area contributed by atoms with Gasteiger partial charge in [0.25, 0.3) is 5.91 Å². The molecule has 1 aromatic carbocycles. The zero-order valence-corrected chi connectivity index (χ0v) is 10.0. The molecule has 1 amide bonds. The molecule has 0 spiro atoms. The number of amides is 1. The van der Waals surface area contributed by atoms with Crippen molar-refractivity contribution in [1.82, 2.24) is 4.98 Å². The maximum atomic E-state index is 13.5. The fourth-order valence-electron chi connectivity index (χ4n) is 1.55. The molecule has 0 aliphatic carbocycles. The van der Waals surface area contributed by atoms with Gasteiger partial charge in [-0.2, -0.15) is 0 Å². The number of carbonyl (C=O) groups is 1. The number of nitrogens with one attached hydrogen (secondary N) is 1. The van der Waals surface area contributed by atoms with Crippen LogP contribution in [0, 0.1) is 17.5 Å². The summed E-state index contributed by atoms with van der Waals surface area (Å²) in [5, 5.41) is 11.3. The van der Waals surface area contributed by atoms with Crippen molar-refractivity contribution in [1.29, 1.82) is 0 Å². The van der Waals surface area contributed by atoms with Gasteiger partial charge in [0.1, 0.15) is 5.82 Å². The van der Waals surface area contributed by atoms with Gasteiger partial charge in [-0.05, 0) is 18.2 Å². The summed E-state index contributed by atoms with van der Waals surface area (Å²) in [5.74, 6) is -5.66. The minimum atomic E-state index is -1.72. The van der Waals surface area contributed by atoms with Crippen molar-refractivity contribution in [2.75, 3.05) is 5.32 Å². The molecular weight excluding hydrogens is 273 g/mol. The van der Waals surface area contributed by atoms with Gasteiger partial charge in [0, 0.05) is 11.8 Å². The molecular formula is C13H9F3N2O2. The van der Waals surface area contributed by atoms with E-state index in [4.69, 9.17) is 5.11 Å². The van der Waals surface area contributed by atoms with Crippen LogP contribution in [0.15, 0.2) is 30.5 Å². The smallest absolute Gasteiger partial charge is 0.259 e. The molecule has 4 nitrogen and oxygen atoms in total. The first-order valence-corrected chi connectivity index (χ1v) is 5.54. The lowest BCUT2D eigenvalue weighted by atomic mass is 10.1. The normalized spacial score (nSPS) is 10.4. The number of nitrogens with zero attached hydrogens (tertiary/aromatic N) is 1. The summed E-state index contributed by atoms with van der Waals surface area (Å²) < 4.78 is 39.3.